The number of carbonyl (C=O) groups is 4. The SMILES string of the molecule is CC1CC2CCCC(C1)C2=O.CC1CC2CCCC(C1)C2O.CC1CC2CCCC(C1)C2OC(=O)N1CC[C@@H](Nc2ccc(C(F)(F)F)cn2)C1.FC(F)(F)c1ccc(N[C@@H]2CCNC2)nc1.O=C=O.O=C=O.O=C=O.O=CNC1CC2CCCC(C1)C2OC(=O)N1CC[C@@H](Nc2ccc(C(F)(F)F)cn2)C1.[B].[H-].[Na+]. The molecule has 3 aromatic rings. The number of alkyl halides is 9. The summed E-state index contributed by atoms with van der Waals surface area (Å²) in [5.41, 5.74) is -2.28. The maximum absolute atomic E-state index is 12.8. The van der Waals surface area contributed by atoms with Crippen molar-refractivity contribution in [1.29, 1.82) is 0 Å². The number of aromatic nitrogens is 3. The van der Waals surface area contributed by atoms with Gasteiger partial charge in [-0.2, -0.15) is 68.3 Å². The molecule has 8 aliphatic carbocycles. The van der Waals surface area contributed by atoms with E-state index in [0.717, 1.165) is 132 Å². The molecule has 11 fully saturated rings. The van der Waals surface area contributed by atoms with E-state index >= 15 is 0 Å². The summed E-state index contributed by atoms with van der Waals surface area (Å²) >= 11 is 0. The second-order valence-corrected chi connectivity index (χ2v) is 30.5. The number of hydrogen-bond donors (Lipinski definition) is 6. The maximum atomic E-state index is 12.8. The van der Waals surface area contributed by atoms with Crippen molar-refractivity contribution in [1.82, 2.24) is 35.4 Å². The molecule has 3 saturated heterocycles. The second kappa shape index (κ2) is 44.9. The number of anilines is 3. The van der Waals surface area contributed by atoms with Gasteiger partial charge in [0.2, 0.25) is 6.41 Å². The largest absolute Gasteiger partial charge is 1.00 e. The number of Topliss-reactive ketones (excluding diaryl/α,β-unsaturated/α-hetero) is 1. The molecule has 34 heteroatoms. The maximum Gasteiger partial charge on any atom is 1.00 e. The number of nitrogens with zero attached hydrogens (tertiary/aromatic N) is 5. The third-order valence-corrected chi connectivity index (χ3v) is 22.6. The van der Waals surface area contributed by atoms with Crippen LogP contribution in [0.15, 0.2) is 55.0 Å². The Morgan fingerprint density at radius 2 is 0.835 bits per heavy atom. The Labute approximate surface area is 655 Å². The predicted octanol–water partition coefficient (Wildman–Crippen LogP) is 9.81. The zero-order valence-electron chi connectivity index (χ0n) is 63.2. The Kier molecular flexibility index (Phi) is 38.2. The van der Waals surface area contributed by atoms with Crippen LogP contribution in [0.1, 0.15) is 187 Å². The predicted molar refractivity (Wildman–Crippen MR) is 374 cm³/mol. The molecule has 11 aliphatic rings. The van der Waals surface area contributed by atoms with Crippen LogP contribution in [0.2, 0.25) is 0 Å². The van der Waals surface area contributed by atoms with Crippen LogP contribution in [-0.2, 0) is 66.4 Å². The van der Waals surface area contributed by atoms with Crippen LogP contribution in [0.4, 0.5) is 66.6 Å². The van der Waals surface area contributed by atoms with Gasteiger partial charge in [0, 0.05) is 95.7 Å². The number of halogens is 9. The van der Waals surface area contributed by atoms with Gasteiger partial charge in [0.05, 0.1) is 22.8 Å². The van der Waals surface area contributed by atoms with Gasteiger partial charge in [0.1, 0.15) is 35.4 Å². The molecule has 0 spiro atoms. The van der Waals surface area contributed by atoms with E-state index in [2.05, 4.69) is 62.3 Å². The Balaban J connectivity index is 0.000000295. The quantitative estimate of drug-likeness (QED) is 0.0624. The summed E-state index contributed by atoms with van der Waals surface area (Å²) in [5.74, 6) is 7.90. The molecule has 3 aliphatic heterocycles. The van der Waals surface area contributed by atoms with Gasteiger partial charge in [-0.05, 0) is 218 Å². The summed E-state index contributed by atoms with van der Waals surface area (Å²) < 4.78 is 125. The zero-order valence-corrected chi connectivity index (χ0v) is 64.2. The fraction of sp³-hybridized carbons (Fsp3) is 0.707. The summed E-state index contributed by atoms with van der Waals surface area (Å²) in [4.78, 5) is 111. The summed E-state index contributed by atoms with van der Waals surface area (Å²) in [6.07, 6.45) is 15.6. The van der Waals surface area contributed by atoms with Crippen molar-refractivity contribution in [2.24, 2.45) is 65.1 Å². The molecular formula is C75H102BF9N10NaO13. The molecule has 597 valence electrons. The van der Waals surface area contributed by atoms with E-state index in [1.165, 1.54) is 88.8 Å². The number of nitrogens with one attached hydrogen (secondary N) is 5. The monoisotopic (exact) mass is 1560 g/mol. The second-order valence-electron chi connectivity index (χ2n) is 30.5. The molecule has 3 radical (unpaired) electrons. The van der Waals surface area contributed by atoms with Crippen LogP contribution < -0.4 is 56.1 Å². The number of aliphatic hydroxyl groups excluding tert-OH is 1. The van der Waals surface area contributed by atoms with E-state index in [0.29, 0.717) is 104 Å². The molecule has 0 aromatic carbocycles. The van der Waals surface area contributed by atoms with Crippen molar-refractivity contribution in [3.63, 3.8) is 0 Å². The molecular weight excluding hydrogens is 1450 g/mol. The molecule has 11 atom stereocenters. The van der Waals surface area contributed by atoms with Gasteiger partial charge in [-0.3, -0.25) is 9.59 Å². The first kappa shape index (κ1) is 92.6. The van der Waals surface area contributed by atoms with E-state index in [-0.39, 0.29) is 124 Å². The average molecular weight is 1560 g/mol. The van der Waals surface area contributed by atoms with Gasteiger partial charge in [-0.1, -0.05) is 46.5 Å². The Morgan fingerprint density at radius 3 is 1.17 bits per heavy atom. The Bertz CT molecular complexity index is 3300. The molecule has 23 nitrogen and oxygen atoms in total. The number of fused-ring (bicyclic) bond motifs is 8. The van der Waals surface area contributed by atoms with Crippen LogP contribution in [-0.4, -0.2) is 163 Å². The summed E-state index contributed by atoms with van der Waals surface area (Å²) in [6, 6.07) is 7.30. The van der Waals surface area contributed by atoms with Crippen LogP contribution in [0.25, 0.3) is 0 Å². The zero-order chi connectivity index (χ0) is 78.0. The molecule has 109 heavy (non-hydrogen) atoms. The third kappa shape index (κ3) is 28.9. The number of ketones is 1. The molecule has 8 bridgehead atoms. The smallest absolute Gasteiger partial charge is 1.00 e. The minimum absolute atomic E-state index is 0. The van der Waals surface area contributed by atoms with Crippen LogP contribution in [0.3, 0.4) is 0 Å². The fourth-order valence-corrected chi connectivity index (χ4v) is 17.9. The first-order chi connectivity index (χ1) is 51.0. The van der Waals surface area contributed by atoms with Gasteiger partial charge in [0.15, 0.2) is 0 Å². The number of ether oxygens (including phenoxy) is 2. The molecule has 3 amide bonds. The van der Waals surface area contributed by atoms with E-state index in [9.17, 15) is 63.8 Å². The van der Waals surface area contributed by atoms with E-state index in [1.54, 1.807) is 9.80 Å². The van der Waals surface area contributed by atoms with Gasteiger partial charge < -0.3 is 52.4 Å². The van der Waals surface area contributed by atoms with Crippen molar-refractivity contribution in [3.05, 3.63) is 71.7 Å². The minimum Gasteiger partial charge on any atom is -1.00 e. The molecule has 14 rings (SSSR count). The first-order valence-electron chi connectivity index (χ1n) is 37.4. The summed E-state index contributed by atoms with van der Waals surface area (Å²) in [6.45, 7) is 10.6. The van der Waals surface area contributed by atoms with Crippen LogP contribution in [0.5, 0.6) is 0 Å². The number of carbonyl (C=O) groups excluding carboxylic acids is 10. The number of rotatable bonds is 10. The molecule has 8 unspecified atom stereocenters. The van der Waals surface area contributed by atoms with Gasteiger partial charge in [-0.15, -0.1) is 0 Å². The molecule has 6 N–H and O–H groups in total. The molecule has 6 heterocycles. The van der Waals surface area contributed by atoms with Crippen LogP contribution in [0, 0.1) is 65.1 Å². The van der Waals surface area contributed by atoms with E-state index in [1.807, 2.05) is 0 Å². The standard InChI is InChI=1S/C21H27F3N4O3.C21H28F3N3O2.C10H12F3N3.C10H18O.C10H16O.3CO2.B.Na.H/c22-21(23,24)15-4-5-18(25-10-15)27-16-6-7-28(11-16)20(30)31-19-13-2-1-3-14(19)9-17(8-13)26-12-29;1-13-9-14-3-2-4-15(10-13)19(14)29-20(28)27-8-7-17(12-27)26-18-6-5-16(11-25-18)21(22,23)24;11-10(12,13)7-1-2-9(15-5-7)16-8-3-4-14-6-8;2*1-7-5-8-3-2-4-9(6-7)10(8)11;3*2-1-3;;;/h4-5,10,12-14,16-17,19H,1-3,6-9,11H2,(H,25,27)(H,26,29);5-6,11,13-15,17,19H,2-4,7-10,12H2,1H3,(H,25,26);1-2,5,8,14H,3-4,6H2,(H,15,16);7-11H,2-6H2,1H3;7-9H,2-6H2,1H3;;;;;;/q;;;;;;;;;+1;-1/t13?,14?,16-,17?,19?;13?,14?,15?,17-,19?;8-;;;;;;;;/m111......../s1. The number of aliphatic hydroxyl groups is 1. The van der Waals surface area contributed by atoms with Gasteiger partial charge in [0.25, 0.3) is 0 Å². The van der Waals surface area contributed by atoms with Crippen molar-refractivity contribution in [3.8, 4) is 0 Å². The van der Waals surface area contributed by atoms with Crippen molar-refractivity contribution in [2.45, 2.75) is 229 Å². The van der Waals surface area contributed by atoms with Crippen molar-refractivity contribution < 1.29 is 133 Å². The first-order valence-corrected chi connectivity index (χ1v) is 37.4. The van der Waals surface area contributed by atoms with Gasteiger partial charge >= 0.3 is 78.7 Å². The molecule has 8 saturated carbocycles. The van der Waals surface area contributed by atoms with Crippen LogP contribution >= 0.6 is 0 Å². The van der Waals surface area contributed by atoms with Crippen molar-refractivity contribution in [2.75, 3.05) is 55.2 Å². The van der Waals surface area contributed by atoms with E-state index in [4.69, 9.17) is 38.2 Å². The Hall–Kier alpha value is -6.98. The van der Waals surface area contributed by atoms with Crippen molar-refractivity contribution >= 4 is 68.7 Å². The Morgan fingerprint density at radius 1 is 0.505 bits per heavy atom. The third-order valence-electron chi connectivity index (χ3n) is 22.6. The number of hydrogen-bond acceptors (Lipinski definition) is 20. The minimum atomic E-state index is -4.42. The number of likely N-dealkylation sites (tertiary alicyclic amines) is 2. The average Bonchev–Trinajstić information content (AvgIpc) is 1.21. The molecule has 3 aromatic heterocycles. The summed E-state index contributed by atoms with van der Waals surface area (Å²) in [5, 5.41) is 25.1. The normalized spacial score (nSPS) is 30.1. The summed E-state index contributed by atoms with van der Waals surface area (Å²) in [7, 11) is 0. The fourth-order valence-electron chi connectivity index (χ4n) is 17.9. The van der Waals surface area contributed by atoms with E-state index < -0.39 is 35.2 Å². The van der Waals surface area contributed by atoms with Gasteiger partial charge in [-0.25, -0.2) is 24.5 Å². The topological polar surface area (TPSA) is 315 Å². The number of amides is 3. The number of pyridine rings is 3.